The van der Waals surface area contributed by atoms with Crippen LogP contribution in [0.25, 0.3) is 0 Å². The Balaban J connectivity index is 2.13. The predicted molar refractivity (Wildman–Crippen MR) is 82.6 cm³/mol. The number of anilines is 2. The third-order valence-electron chi connectivity index (χ3n) is 3.10. The highest BCUT2D eigenvalue weighted by molar-refractivity contribution is 5.99. The first-order chi connectivity index (χ1) is 9.56. The number of hydrogen-bond donors (Lipinski definition) is 3. The molecule has 0 bridgehead atoms. The predicted octanol–water partition coefficient (Wildman–Crippen LogP) is 2.41. The molecular weight excluding hydrogens is 250 g/mol. The largest absolute Gasteiger partial charge is 0.399 e. The van der Waals surface area contributed by atoms with Crippen LogP contribution in [0, 0.1) is 0 Å². The molecule has 2 rings (SSSR count). The summed E-state index contributed by atoms with van der Waals surface area (Å²) >= 11 is 0. The number of nitrogen functional groups attached to an aromatic ring is 1. The van der Waals surface area contributed by atoms with Crippen molar-refractivity contribution in [2.24, 2.45) is 5.73 Å². The number of nitrogens with one attached hydrogen (secondary N) is 1. The second-order valence-electron chi connectivity index (χ2n) is 4.90. The van der Waals surface area contributed by atoms with Crippen molar-refractivity contribution in [3.05, 3.63) is 59.7 Å². The molecule has 0 heterocycles. The zero-order valence-corrected chi connectivity index (χ0v) is 11.5. The molecule has 0 fully saturated rings. The van der Waals surface area contributed by atoms with E-state index in [9.17, 15) is 4.79 Å². The number of amides is 1. The normalized spacial score (nSPS) is 11.8. The van der Waals surface area contributed by atoms with E-state index < -0.39 is 5.91 Å². The van der Waals surface area contributed by atoms with Crippen LogP contribution in [0.3, 0.4) is 0 Å². The minimum absolute atomic E-state index is 0.164. The molecule has 1 atom stereocenters. The van der Waals surface area contributed by atoms with Gasteiger partial charge < -0.3 is 16.8 Å². The minimum Gasteiger partial charge on any atom is -0.399 e. The molecule has 0 radical (unpaired) electrons. The van der Waals surface area contributed by atoms with E-state index in [1.807, 2.05) is 18.2 Å². The van der Waals surface area contributed by atoms with Gasteiger partial charge in [-0.1, -0.05) is 30.3 Å². The quantitative estimate of drug-likeness (QED) is 0.729. The van der Waals surface area contributed by atoms with E-state index in [0.717, 1.165) is 6.42 Å². The molecule has 1 unspecified atom stereocenters. The summed E-state index contributed by atoms with van der Waals surface area (Å²) in [6.07, 6.45) is 0.855. The smallest absolute Gasteiger partial charge is 0.250 e. The van der Waals surface area contributed by atoms with Gasteiger partial charge >= 0.3 is 0 Å². The highest BCUT2D eigenvalue weighted by Gasteiger charge is 2.11. The van der Waals surface area contributed by atoms with Crippen LogP contribution < -0.4 is 16.8 Å². The molecule has 1 amide bonds. The Bertz CT molecular complexity index is 596. The molecule has 4 heteroatoms. The second kappa shape index (κ2) is 6.10. The molecule has 0 aliphatic carbocycles. The fraction of sp³-hybridized carbons (Fsp3) is 0.188. The highest BCUT2D eigenvalue weighted by atomic mass is 16.1. The first kappa shape index (κ1) is 13.9. The molecule has 0 aliphatic rings. The number of nitrogens with two attached hydrogens (primary N) is 2. The van der Waals surface area contributed by atoms with Crippen LogP contribution in [0.5, 0.6) is 0 Å². The Labute approximate surface area is 118 Å². The molecule has 0 aliphatic heterocycles. The van der Waals surface area contributed by atoms with Gasteiger partial charge in [0, 0.05) is 17.4 Å². The molecule has 2 aromatic carbocycles. The van der Waals surface area contributed by atoms with E-state index in [4.69, 9.17) is 11.5 Å². The Morgan fingerprint density at radius 2 is 1.90 bits per heavy atom. The monoisotopic (exact) mass is 269 g/mol. The first-order valence-electron chi connectivity index (χ1n) is 6.56. The van der Waals surface area contributed by atoms with Crippen LogP contribution in [-0.4, -0.2) is 11.9 Å². The van der Waals surface area contributed by atoms with Gasteiger partial charge in [-0.15, -0.1) is 0 Å². The van der Waals surface area contributed by atoms with Crippen LogP contribution in [0.1, 0.15) is 22.8 Å². The van der Waals surface area contributed by atoms with Gasteiger partial charge in [-0.2, -0.15) is 0 Å². The molecule has 104 valence electrons. The van der Waals surface area contributed by atoms with E-state index in [1.165, 1.54) is 5.56 Å². The average Bonchev–Trinajstić information content (AvgIpc) is 2.39. The molecular formula is C16H19N3O. The maximum Gasteiger partial charge on any atom is 0.250 e. The topological polar surface area (TPSA) is 81.1 Å². The summed E-state index contributed by atoms with van der Waals surface area (Å²) in [4.78, 5) is 11.4. The van der Waals surface area contributed by atoms with Crippen molar-refractivity contribution in [2.75, 3.05) is 11.1 Å². The van der Waals surface area contributed by atoms with Crippen LogP contribution in [0.4, 0.5) is 11.4 Å². The fourth-order valence-electron chi connectivity index (χ4n) is 2.18. The van der Waals surface area contributed by atoms with Crippen LogP contribution in [0.15, 0.2) is 48.5 Å². The Morgan fingerprint density at radius 3 is 2.55 bits per heavy atom. The SMILES string of the molecule is CC(Cc1ccccc1)Nc1cc(N)ccc1C(N)=O. The molecule has 2 aromatic rings. The summed E-state index contributed by atoms with van der Waals surface area (Å²) < 4.78 is 0. The molecule has 0 saturated heterocycles. The highest BCUT2D eigenvalue weighted by Crippen LogP contribution is 2.20. The lowest BCUT2D eigenvalue weighted by Crippen LogP contribution is -2.22. The summed E-state index contributed by atoms with van der Waals surface area (Å²) in [5.74, 6) is -0.459. The van der Waals surface area contributed by atoms with Crippen molar-refractivity contribution in [3.8, 4) is 0 Å². The van der Waals surface area contributed by atoms with Crippen molar-refractivity contribution in [3.63, 3.8) is 0 Å². The molecule has 20 heavy (non-hydrogen) atoms. The van der Waals surface area contributed by atoms with Gasteiger partial charge in [0.1, 0.15) is 0 Å². The zero-order valence-electron chi connectivity index (χ0n) is 11.5. The van der Waals surface area contributed by atoms with E-state index in [-0.39, 0.29) is 6.04 Å². The number of benzene rings is 2. The molecule has 0 aromatic heterocycles. The van der Waals surface area contributed by atoms with Gasteiger partial charge in [-0.25, -0.2) is 0 Å². The van der Waals surface area contributed by atoms with E-state index in [2.05, 4.69) is 24.4 Å². The van der Waals surface area contributed by atoms with Crippen molar-refractivity contribution in [1.82, 2.24) is 0 Å². The van der Waals surface area contributed by atoms with Gasteiger partial charge in [-0.05, 0) is 37.1 Å². The summed E-state index contributed by atoms with van der Waals surface area (Å²) in [6, 6.07) is 15.4. The summed E-state index contributed by atoms with van der Waals surface area (Å²) in [5.41, 5.74) is 14.1. The lowest BCUT2D eigenvalue weighted by Gasteiger charge is -2.17. The fourth-order valence-corrected chi connectivity index (χ4v) is 2.18. The average molecular weight is 269 g/mol. The third-order valence-corrected chi connectivity index (χ3v) is 3.10. The van der Waals surface area contributed by atoms with Crippen molar-refractivity contribution in [2.45, 2.75) is 19.4 Å². The molecule has 0 spiro atoms. The number of carbonyl (C=O) groups is 1. The molecule has 5 N–H and O–H groups in total. The van der Waals surface area contributed by atoms with E-state index >= 15 is 0 Å². The van der Waals surface area contributed by atoms with Gasteiger partial charge in [0.25, 0.3) is 5.91 Å². The molecule has 0 saturated carbocycles. The Kier molecular flexibility index (Phi) is 4.25. The maximum atomic E-state index is 11.4. The van der Waals surface area contributed by atoms with Gasteiger partial charge in [0.05, 0.1) is 5.56 Å². The van der Waals surface area contributed by atoms with Crippen molar-refractivity contribution >= 4 is 17.3 Å². The third kappa shape index (κ3) is 3.51. The number of carbonyl (C=O) groups excluding carboxylic acids is 1. The Morgan fingerprint density at radius 1 is 1.20 bits per heavy atom. The lowest BCUT2D eigenvalue weighted by molar-refractivity contribution is 0.100. The minimum atomic E-state index is -0.459. The second-order valence-corrected chi connectivity index (χ2v) is 4.90. The van der Waals surface area contributed by atoms with Gasteiger partial charge in [-0.3, -0.25) is 4.79 Å². The first-order valence-corrected chi connectivity index (χ1v) is 6.56. The molecule has 4 nitrogen and oxygen atoms in total. The van der Waals surface area contributed by atoms with E-state index in [1.54, 1.807) is 18.2 Å². The maximum absolute atomic E-state index is 11.4. The lowest BCUT2D eigenvalue weighted by atomic mass is 10.1. The Hall–Kier alpha value is -2.49. The van der Waals surface area contributed by atoms with Gasteiger partial charge in [0.15, 0.2) is 0 Å². The summed E-state index contributed by atoms with van der Waals surface area (Å²) in [7, 11) is 0. The van der Waals surface area contributed by atoms with Crippen LogP contribution in [0.2, 0.25) is 0 Å². The summed E-state index contributed by atoms with van der Waals surface area (Å²) in [5, 5.41) is 3.30. The standard InChI is InChI=1S/C16H19N3O/c1-11(9-12-5-3-2-4-6-12)19-15-10-13(17)7-8-14(15)16(18)20/h2-8,10-11,19H,9,17H2,1H3,(H2,18,20). The van der Waals surface area contributed by atoms with Crippen molar-refractivity contribution in [1.29, 1.82) is 0 Å². The number of hydrogen-bond acceptors (Lipinski definition) is 3. The van der Waals surface area contributed by atoms with Crippen LogP contribution in [-0.2, 0) is 6.42 Å². The zero-order chi connectivity index (χ0) is 14.5. The number of rotatable bonds is 5. The van der Waals surface area contributed by atoms with Crippen molar-refractivity contribution < 1.29 is 4.79 Å². The van der Waals surface area contributed by atoms with Crippen LogP contribution >= 0.6 is 0 Å². The van der Waals surface area contributed by atoms with Gasteiger partial charge in [0.2, 0.25) is 0 Å². The summed E-state index contributed by atoms with van der Waals surface area (Å²) in [6.45, 7) is 2.06. The van der Waals surface area contributed by atoms with E-state index in [0.29, 0.717) is 16.9 Å². The number of primary amides is 1.